The van der Waals surface area contributed by atoms with Gasteiger partial charge >= 0.3 is 0 Å². The molecule has 0 radical (unpaired) electrons. The van der Waals surface area contributed by atoms with Gasteiger partial charge in [-0.3, -0.25) is 4.98 Å². The molecule has 0 amide bonds. The van der Waals surface area contributed by atoms with Crippen LogP contribution in [0.5, 0.6) is 0 Å². The molecule has 2 aliphatic heterocycles. The highest BCUT2D eigenvalue weighted by Crippen LogP contribution is 2.29. The van der Waals surface area contributed by atoms with Crippen molar-refractivity contribution < 1.29 is 4.74 Å². The van der Waals surface area contributed by atoms with Gasteiger partial charge in [0.2, 0.25) is 0 Å². The lowest BCUT2D eigenvalue weighted by Crippen LogP contribution is -2.38. The number of piperidine rings is 1. The maximum absolute atomic E-state index is 5.64. The quantitative estimate of drug-likeness (QED) is 0.667. The van der Waals surface area contributed by atoms with Crippen LogP contribution in [0.2, 0.25) is 0 Å². The highest BCUT2D eigenvalue weighted by molar-refractivity contribution is 5.80. The van der Waals surface area contributed by atoms with E-state index in [4.69, 9.17) is 9.72 Å². The Morgan fingerprint density at radius 3 is 2.66 bits per heavy atom. The molecule has 5 nitrogen and oxygen atoms in total. The highest BCUT2D eigenvalue weighted by Gasteiger charge is 2.24. The smallest absolute Gasteiger partial charge is 0.159 e. The van der Waals surface area contributed by atoms with E-state index in [1.54, 1.807) is 0 Å². The normalized spacial score (nSPS) is 21.4. The summed E-state index contributed by atoms with van der Waals surface area (Å²) in [6.07, 6.45) is 10.5. The Hall–Kier alpha value is -2.37. The van der Waals surface area contributed by atoms with Gasteiger partial charge in [-0.2, -0.15) is 0 Å². The predicted molar refractivity (Wildman–Crippen MR) is 115 cm³/mol. The molecule has 1 unspecified atom stereocenters. The first-order valence-electron chi connectivity index (χ1n) is 10.8. The lowest BCUT2D eigenvalue weighted by atomic mass is 9.91. The van der Waals surface area contributed by atoms with Crippen molar-refractivity contribution in [2.75, 3.05) is 32.8 Å². The summed E-state index contributed by atoms with van der Waals surface area (Å²) in [7, 11) is 0. The third-order valence-corrected chi connectivity index (χ3v) is 6.35. The third-order valence-electron chi connectivity index (χ3n) is 6.35. The number of rotatable bonds is 4. The summed E-state index contributed by atoms with van der Waals surface area (Å²) in [5.41, 5.74) is 4.29. The first-order chi connectivity index (χ1) is 14.3. The van der Waals surface area contributed by atoms with Gasteiger partial charge < -0.3 is 9.64 Å². The first-order valence-corrected chi connectivity index (χ1v) is 10.8. The molecule has 2 aliphatic rings. The molecular weight excluding hydrogens is 360 g/mol. The fourth-order valence-electron chi connectivity index (χ4n) is 4.68. The van der Waals surface area contributed by atoms with Gasteiger partial charge in [0.25, 0.3) is 0 Å². The molecule has 5 rings (SSSR count). The van der Waals surface area contributed by atoms with Gasteiger partial charge in [-0.1, -0.05) is 0 Å². The van der Waals surface area contributed by atoms with Gasteiger partial charge in [-0.15, -0.1) is 0 Å². The van der Waals surface area contributed by atoms with Crippen LogP contribution in [0.3, 0.4) is 0 Å². The second-order valence-electron chi connectivity index (χ2n) is 8.40. The average molecular weight is 389 g/mol. The minimum absolute atomic E-state index is 0.542. The lowest BCUT2D eigenvalue weighted by Gasteiger charge is -2.35. The van der Waals surface area contributed by atoms with E-state index in [9.17, 15) is 0 Å². The molecule has 2 fully saturated rings. The molecule has 150 valence electrons. The van der Waals surface area contributed by atoms with Crippen molar-refractivity contribution in [1.29, 1.82) is 0 Å². The van der Waals surface area contributed by atoms with Gasteiger partial charge in [0.05, 0.1) is 6.61 Å². The van der Waals surface area contributed by atoms with Crippen molar-refractivity contribution in [3.05, 3.63) is 54.6 Å². The molecular formula is C24H28N4O. The number of hydrogen-bond acceptors (Lipinski definition) is 5. The number of aromatic nitrogens is 3. The minimum Gasteiger partial charge on any atom is -0.381 e. The Morgan fingerprint density at radius 2 is 1.86 bits per heavy atom. The number of fused-ring (bicyclic) bond motifs is 1. The van der Waals surface area contributed by atoms with Crippen molar-refractivity contribution in [1.82, 2.24) is 19.9 Å². The summed E-state index contributed by atoms with van der Waals surface area (Å²) < 4.78 is 5.64. The molecule has 3 aromatic rings. The Bertz CT molecular complexity index is 948. The van der Waals surface area contributed by atoms with Gasteiger partial charge in [0.1, 0.15) is 0 Å². The summed E-state index contributed by atoms with van der Waals surface area (Å²) in [4.78, 5) is 16.3. The van der Waals surface area contributed by atoms with Gasteiger partial charge in [-0.25, -0.2) is 9.97 Å². The molecule has 1 atom stereocenters. The molecule has 2 saturated heterocycles. The second kappa shape index (κ2) is 8.56. The summed E-state index contributed by atoms with van der Waals surface area (Å²) in [6, 6.07) is 10.6. The van der Waals surface area contributed by atoms with Crippen LogP contribution in [0.25, 0.3) is 22.2 Å². The van der Waals surface area contributed by atoms with E-state index in [0.29, 0.717) is 5.92 Å². The zero-order chi connectivity index (χ0) is 19.5. The molecule has 0 spiro atoms. The summed E-state index contributed by atoms with van der Waals surface area (Å²) in [5.74, 6) is 1.26. The maximum Gasteiger partial charge on any atom is 0.159 e. The van der Waals surface area contributed by atoms with E-state index in [-0.39, 0.29) is 0 Å². The molecule has 3 aromatic heterocycles. The molecule has 29 heavy (non-hydrogen) atoms. The van der Waals surface area contributed by atoms with Crippen LogP contribution in [0.1, 0.15) is 37.3 Å². The molecule has 0 aromatic carbocycles. The summed E-state index contributed by atoms with van der Waals surface area (Å²) in [6.45, 7) is 5.41. The summed E-state index contributed by atoms with van der Waals surface area (Å²) >= 11 is 0. The molecule has 0 bridgehead atoms. The SMILES string of the molecule is c1cc(-c2cnc3nc(C4CCN(CC5CCCOC5)CC4)ccc3c2)ccn1. The van der Waals surface area contributed by atoms with E-state index in [2.05, 4.69) is 33.1 Å². The maximum atomic E-state index is 5.64. The predicted octanol–water partition coefficient (Wildman–Crippen LogP) is 4.30. The number of ether oxygens (including phenoxy) is 1. The van der Waals surface area contributed by atoms with E-state index in [0.717, 1.165) is 54.4 Å². The second-order valence-corrected chi connectivity index (χ2v) is 8.40. The van der Waals surface area contributed by atoms with Crippen molar-refractivity contribution in [3.63, 3.8) is 0 Å². The van der Waals surface area contributed by atoms with Crippen molar-refractivity contribution in [3.8, 4) is 11.1 Å². The van der Waals surface area contributed by atoms with Crippen molar-refractivity contribution >= 4 is 11.0 Å². The third kappa shape index (κ3) is 4.31. The van der Waals surface area contributed by atoms with Crippen LogP contribution >= 0.6 is 0 Å². The Labute approximate surface area is 172 Å². The molecule has 5 heterocycles. The zero-order valence-corrected chi connectivity index (χ0v) is 16.8. The Balaban J connectivity index is 1.25. The monoisotopic (exact) mass is 388 g/mol. The zero-order valence-electron chi connectivity index (χ0n) is 16.8. The van der Waals surface area contributed by atoms with Crippen LogP contribution in [0.4, 0.5) is 0 Å². The standard InChI is InChI=1S/C24H28N4O/c1-2-18(17-29-13-1)16-28-11-7-20(8-12-28)23-4-3-21-14-22(15-26-24(21)27-23)19-5-9-25-10-6-19/h3-6,9-10,14-15,18,20H,1-2,7-8,11-13,16-17H2. The summed E-state index contributed by atoms with van der Waals surface area (Å²) in [5, 5.41) is 1.10. The largest absolute Gasteiger partial charge is 0.381 e. The number of pyridine rings is 3. The minimum atomic E-state index is 0.542. The van der Waals surface area contributed by atoms with Crippen LogP contribution < -0.4 is 0 Å². The van der Waals surface area contributed by atoms with Crippen molar-refractivity contribution in [2.24, 2.45) is 5.92 Å². The molecule has 5 heteroatoms. The Kier molecular flexibility index (Phi) is 5.50. The van der Waals surface area contributed by atoms with E-state index in [1.807, 2.05) is 30.7 Å². The van der Waals surface area contributed by atoms with Crippen molar-refractivity contribution in [2.45, 2.75) is 31.6 Å². The lowest BCUT2D eigenvalue weighted by molar-refractivity contribution is 0.0346. The van der Waals surface area contributed by atoms with E-state index in [1.165, 1.54) is 37.9 Å². The van der Waals surface area contributed by atoms with E-state index >= 15 is 0 Å². The van der Waals surface area contributed by atoms with Crippen LogP contribution in [-0.2, 0) is 4.74 Å². The average Bonchev–Trinajstić information content (AvgIpc) is 2.80. The number of nitrogens with zero attached hydrogens (tertiary/aromatic N) is 4. The van der Waals surface area contributed by atoms with Crippen LogP contribution in [-0.4, -0.2) is 52.7 Å². The molecule has 0 saturated carbocycles. The Morgan fingerprint density at radius 1 is 1.00 bits per heavy atom. The van der Waals surface area contributed by atoms with Gasteiger partial charge in [0, 0.05) is 54.3 Å². The van der Waals surface area contributed by atoms with Crippen LogP contribution in [0, 0.1) is 5.92 Å². The first kappa shape index (κ1) is 18.6. The van der Waals surface area contributed by atoms with Gasteiger partial charge in [-0.05, 0) is 80.6 Å². The fourth-order valence-corrected chi connectivity index (χ4v) is 4.68. The molecule has 0 aliphatic carbocycles. The molecule has 0 N–H and O–H groups in total. The van der Waals surface area contributed by atoms with Crippen LogP contribution in [0.15, 0.2) is 48.9 Å². The number of hydrogen-bond donors (Lipinski definition) is 0. The van der Waals surface area contributed by atoms with E-state index < -0.39 is 0 Å². The topological polar surface area (TPSA) is 51.1 Å². The van der Waals surface area contributed by atoms with Gasteiger partial charge in [0.15, 0.2) is 5.65 Å². The number of likely N-dealkylation sites (tertiary alicyclic amines) is 1. The fraction of sp³-hybridized carbons (Fsp3) is 0.458. The highest BCUT2D eigenvalue weighted by atomic mass is 16.5.